The molecule has 7 heteroatoms. The quantitative estimate of drug-likeness (QED) is 0.521. The van der Waals surface area contributed by atoms with E-state index in [0.717, 1.165) is 21.4 Å². The van der Waals surface area contributed by atoms with Gasteiger partial charge in [0.05, 0.1) is 15.6 Å². The van der Waals surface area contributed by atoms with Crippen molar-refractivity contribution in [2.24, 2.45) is 0 Å². The van der Waals surface area contributed by atoms with Crippen LogP contribution in [0.25, 0.3) is 20.2 Å². The van der Waals surface area contributed by atoms with Crippen LogP contribution in [-0.4, -0.2) is 32.4 Å². The molecule has 2 aromatic heterocycles. The SMILES string of the molecule is CN(C)c1ccc2nc(-c3nc(O[Si](C)(C)C(C)(C)C)cs3)sc2c1. The normalized spacial score (nSPS) is 12.6. The van der Waals surface area contributed by atoms with Gasteiger partial charge in [-0.25, -0.2) is 9.97 Å². The molecule has 3 aromatic rings. The molecule has 134 valence electrons. The van der Waals surface area contributed by atoms with Crippen LogP contribution in [0.1, 0.15) is 20.8 Å². The van der Waals surface area contributed by atoms with E-state index in [1.165, 1.54) is 10.4 Å². The van der Waals surface area contributed by atoms with Crippen LogP contribution >= 0.6 is 22.7 Å². The summed E-state index contributed by atoms with van der Waals surface area (Å²) in [5, 5.41) is 4.06. The summed E-state index contributed by atoms with van der Waals surface area (Å²) < 4.78 is 7.49. The molecule has 0 spiro atoms. The first kappa shape index (κ1) is 18.4. The zero-order chi connectivity index (χ0) is 18.4. The zero-order valence-corrected chi connectivity index (χ0v) is 18.5. The molecular weight excluding hydrogens is 366 g/mol. The molecule has 4 nitrogen and oxygen atoms in total. The number of hydrogen-bond donors (Lipinski definition) is 0. The van der Waals surface area contributed by atoms with E-state index in [2.05, 4.69) is 71.1 Å². The molecule has 0 saturated heterocycles. The van der Waals surface area contributed by atoms with E-state index in [9.17, 15) is 0 Å². The van der Waals surface area contributed by atoms with Gasteiger partial charge in [0.1, 0.15) is 0 Å². The molecule has 0 unspecified atom stereocenters. The predicted octanol–water partition coefficient (Wildman–Crippen LogP) is 5.87. The topological polar surface area (TPSA) is 38.2 Å². The van der Waals surface area contributed by atoms with E-state index in [4.69, 9.17) is 14.4 Å². The van der Waals surface area contributed by atoms with Gasteiger partial charge in [-0.15, -0.1) is 22.7 Å². The van der Waals surface area contributed by atoms with Gasteiger partial charge in [-0.05, 0) is 36.3 Å². The molecule has 0 radical (unpaired) electrons. The molecule has 0 fully saturated rings. The highest BCUT2D eigenvalue weighted by Crippen LogP contribution is 2.39. The highest BCUT2D eigenvalue weighted by molar-refractivity contribution is 7.25. The monoisotopic (exact) mass is 391 g/mol. The Labute approximate surface area is 158 Å². The third kappa shape index (κ3) is 3.73. The lowest BCUT2D eigenvalue weighted by molar-refractivity contribution is 0.480. The lowest BCUT2D eigenvalue weighted by Gasteiger charge is -2.35. The van der Waals surface area contributed by atoms with Crippen molar-refractivity contribution < 1.29 is 4.43 Å². The maximum atomic E-state index is 6.30. The number of rotatable bonds is 4. The fourth-order valence-corrected chi connectivity index (χ4v) is 4.88. The fraction of sp³-hybridized carbons (Fsp3) is 0.444. The van der Waals surface area contributed by atoms with Crippen LogP contribution in [0, 0.1) is 0 Å². The van der Waals surface area contributed by atoms with Gasteiger partial charge >= 0.3 is 0 Å². The lowest BCUT2D eigenvalue weighted by Crippen LogP contribution is -2.43. The molecule has 1 aromatic carbocycles. The van der Waals surface area contributed by atoms with E-state index in [1.807, 2.05) is 5.38 Å². The van der Waals surface area contributed by atoms with E-state index < -0.39 is 8.32 Å². The van der Waals surface area contributed by atoms with Crippen LogP contribution < -0.4 is 9.33 Å². The number of fused-ring (bicyclic) bond motifs is 1. The lowest BCUT2D eigenvalue weighted by atomic mass is 10.2. The summed E-state index contributed by atoms with van der Waals surface area (Å²) in [6.45, 7) is 11.2. The van der Waals surface area contributed by atoms with Gasteiger partial charge in [0.2, 0.25) is 5.88 Å². The van der Waals surface area contributed by atoms with Crippen LogP contribution in [0.5, 0.6) is 5.88 Å². The summed E-state index contributed by atoms with van der Waals surface area (Å²) in [6.07, 6.45) is 0. The molecule has 0 amide bonds. The Morgan fingerprint density at radius 1 is 1.08 bits per heavy atom. The van der Waals surface area contributed by atoms with Crippen LogP contribution in [-0.2, 0) is 0 Å². The zero-order valence-electron chi connectivity index (χ0n) is 15.9. The molecule has 2 heterocycles. The Balaban J connectivity index is 1.88. The molecule has 0 aliphatic carbocycles. The van der Waals surface area contributed by atoms with Gasteiger partial charge < -0.3 is 9.33 Å². The first-order valence-electron chi connectivity index (χ1n) is 8.30. The van der Waals surface area contributed by atoms with Crippen LogP contribution in [0.4, 0.5) is 5.69 Å². The summed E-state index contributed by atoms with van der Waals surface area (Å²) in [7, 11) is 2.24. The molecule has 25 heavy (non-hydrogen) atoms. The van der Waals surface area contributed by atoms with E-state index in [0.29, 0.717) is 0 Å². The van der Waals surface area contributed by atoms with Gasteiger partial charge in [0.25, 0.3) is 8.32 Å². The maximum absolute atomic E-state index is 6.30. The third-order valence-electron chi connectivity index (χ3n) is 4.72. The second kappa shape index (κ2) is 6.37. The minimum Gasteiger partial charge on any atom is -0.530 e. The van der Waals surface area contributed by atoms with Crippen molar-refractivity contribution >= 4 is 46.9 Å². The smallest absolute Gasteiger partial charge is 0.252 e. The fourth-order valence-electron chi connectivity index (χ4n) is 2.10. The first-order chi connectivity index (χ1) is 11.6. The Bertz CT molecular complexity index is 893. The second-order valence-electron chi connectivity index (χ2n) is 7.92. The molecule has 0 aliphatic rings. The van der Waals surface area contributed by atoms with Gasteiger partial charge in [0.15, 0.2) is 10.0 Å². The molecule has 0 atom stereocenters. The molecule has 3 rings (SSSR count). The Hall–Kier alpha value is -1.44. The maximum Gasteiger partial charge on any atom is 0.252 e. The first-order valence-corrected chi connectivity index (χ1v) is 12.9. The van der Waals surface area contributed by atoms with Gasteiger partial charge in [0, 0.05) is 19.8 Å². The number of thiazole rings is 2. The highest BCUT2D eigenvalue weighted by atomic mass is 32.1. The largest absolute Gasteiger partial charge is 0.530 e. The van der Waals surface area contributed by atoms with Gasteiger partial charge in [-0.3, -0.25) is 0 Å². The Morgan fingerprint density at radius 2 is 1.80 bits per heavy atom. The minimum atomic E-state index is -1.86. The van der Waals surface area contributed by atoms with Crippen molar-refractivity contribution in [2.45, 2.75) is 38.9 Å². The van der Waals surface area contributed by atoms with Gasteiger partial charge in [-0.1, -0.05) is 20.8 Å². The summed E-state index contributed by atoms with van der Waals surface area (Å²) in [4.78, 5) is 11.6. The Kier molecular flexibility index (Phi) is 4.68. The third-order valence-corrected chi connectivity index (χ3v) is 11.0. The molecule has 0 bridgehead atoms. The van der Waals surface area contributed by atoms with Crippen molar-refractivity contribution in [1.82, 2.24) is 9.97 Å². The Morgan fingerprint density at radius 3 is 2.44 bits per heavy atom. The summed E-state index contributed by atoms with van der Waals surface area (Å²) in [5.41, 5.74) is 2.21. The van der Waals surface area contributed by atoms with Crippen molar-refractivity contribution in [2.75, 3.05) is 19.0 Å². The standard InChI is InChI=1S/C18H25N3OS2Si/c1-18(2,3)25(6,7)22-15-11-23-16(20-15)17-19-13-9-8-12(21(4)5)10-14(13)24-17/h8-11H,1-7H3. The predicted molar refractivity (Wildman–Crippen MR) is 113 cm³/mol. The number of anilines is 1. The molecule has 0 N–H and O–H groups in total. The number of benzene rings is 1. The van der Waals surface area contributed by atoms with E-state index in [1.54, 1.807) is 22.7 Å². The van der Waals surface area contributed by atoms with Crippen molar-refractivity contribution in [3.63, 3.8) is 0 Å². The average molecular weight is 392 g/mol. The number of aromatic nitrogens is 2. The van der Waals surface area contributed by atoms with E-state index in [-0.39, 0.29) is 5.04 Å². The van der Waals surface area contributed by atoms with Crippen LogP contribution in [0.15, 0.2) is 23.6 Å². The summed E-state index contributed by atoms with van der Waals surface area (Å²) in [5.74, 6) is 0.736. The van der Waals surface area contributed by atoms with Crippen molar-refractivity contribution in [3.8, 4) is 15.9 Å². The second-order valence-corrected chi connectivity index (χ2v) is 14.5. The van der Waals surface area contributed by atoms with Crippen molar-refractivity contribution in [3.05, 3.63) is 23.6 Å². The van der Waals surface area contributed by atoms with E-state index >= 15 is 0 Å². The van der Waals surface area contributed by atoms with Crippen LogP contribution in [0.2, 0.25) is 18.1 Å². The molecular formula is C18H25N3OS2Si. The number of nitrogens with zero attached hydrogens (tertiary/aromatic N) is 3. The van der Waals surface area contributed by atoms with Gasteiger partial charge in [-0.2, -0.15) is 0 Å². The average Bonchev–Trinajstić information content (AvgIpc) is 3.10. The summed E-state index contributed by atoms with van der Waals surface area (Å²) >= 11 is 3.29. The summed E-state index contributed by atoms with van der Waals surface area (Å²) in [6, 6.07) is 6.35. The molecule has 0 aliphatic heterocycles. The molecule has 0 saturated carbocycles. The van der Waals surface area contributed by atoms with Crippen molar-refractivity contribution in [1.29, 1.82) is 0 Å². The number of hydrogen-bond acceptors (Lipinski definition) is 6. The van der Waals surface area contributed by atoms with Crippen LogP contribution in [0.3, 0.4) is 0 Å². The highest BCUT2D eigenvalue weighted by Gasteiger charge is 2.39. The minimum absolute atomic E-state index is 0.162.